The van der Waals surface area contributed by atoms with E-state index in [2.05, 4.69) is 15.3 Å². The summed E-state index contributed by atoms with van der Waals surface area (Å²) in [7, 11) is 0. The molecular weight excluding hydrogens is 310 g/mol. The van der Waals surface area contributed by atoms with Gasteiger partial charge in [0.05, 0.1) is 5.75 Å². The molecule has 0 bridgehead atoms. The first-order valence-electron chi connectivity index (χ1n) is 6.03. The van der Waals surface area contributed by atoms with Gasteiger partial charge in [-0.15, -0.1) is 10.2 Å². The van der Waals surface area contributed by atoms with Crippen molar-refractivity contribution in [1.29, 1.82) is 0 Å². The Morgan fingerprint density at radius 3 is 2.67 bits per heavy atom. The van der Waals surface area contributed by atoms with Gasteiger partial charge in [0.15, 0.2) is 11.5 Å². The van der Waals surface area contributed by atoms with Crippen LogP contribution in [0.1, 0.15) is 0 Å². The molecule has 3 rings (SSSR count). The summed E-state index contributed by atoms with van der Waals surface area (Å²) in [5.41, 5.74) is 6.62. The lowest BCUT2D eigenvalue weighted by atomic mass is 10.2. The van der Waals surface area contributed by atoms with E-state index in [0.717, 1.165) is 5.56 Å². The number of halogens is 1. The van der Waals surface area contributed by atoms with E-state index in [0.29, 0.717) is 21.5 Å². The summed E-state index contributed by atoms with van der Waals surface area (Å²) in [5.74, 6) is 0.406. The Bertz CT molecular complexity index is 802. The van der Waals surface area contributed by atoms with Crippen molar-refractivity contribution in [3.8, 4) is 11.4 Å². The molecule has 0 aliphatic rings. The van der Waals surface area contributed by atoms with Gasteiger partial charge < -0.3 is 5.73 Å². The fraction of sp³-hybridized carbons (Fsp3) is 0.0769. The first-order chi connectivity index (χ1) is 10.1. The van der Waals surface area contributed by atoms with Crippen LogP contribution in [0, 0.1) is 0 Å². The molecule has 2 aromatic heterocycles. The molecule has 0 aliphatic heterocycles. The van der Waals surface area contributed by atoms with Crippen molar-refractivity contribution in [1.82, 2.24) is 19.8 Å². The van der Waals surface area contributed by atoms with Crippen molar-refractivity contribution in [2.75, 3.05) is 5.75 Å². The highest BCUT2D eigenvalue weighted by atomic mass is 35.5. The molecule has 2 heterocycles. The van der Waals surface area contributed by atoms with E-state index in [1.807, 2.05) is 12.1 Å². The molecule has 0 spiro atoms. The Morgan fingerprint density at radius 2 is 1.95 bits per heavy atom. The lowest BCUT2D eigenvalue weighted by molar-refractivity contribution is -0.115. The van der Waals surface area contributed by atoms with Gasteiger partial charge in [0.1, 0.15) is 5.03 Å². The topological polar surface area (TPSA) is 86.2 Å². The third kappa shape index (κ3) is 2.98. The minimum atomic E-state index is -0.386. The highest BCUT2D eigenvalue weighted by Crippen LogP contribution is 2.21. The molecule has 0 atom stereocenters. The number of carbonyl (C=O) groups is 1. The number of primary amides is 1. The van der Waals surface area contributed by atoms with E-state index < -0.39 is 0 Å². The van der Waals surface area contributed by atoms with Crippen LogP contribution in [0.3, 0.4) is 0 Å². The smallest absolute Gasteiger partial charge is 0.227 e. The van der Waals surface area contributed by atoms with E-state index >= 15 is 0 Å². The Morgan fingerprint density at radius 1 is 1.19 bits per heavy atom. The summed E-state index contributed by atoms with van der Waals surface area (Å²) in [6.45, 7) is 0. The molecule has 0 saturated heterocycles. The second kappa shape index (κ2) is 5.71. The maximum Gasteiger partial charge on any atom is 0.227 e. The predicted octanol–water partition coefficient (Wildman–Crippen LogP) is 2.02. The van der Waals surface area contributed by atoms with Gasteiger partial charge in [-0.2, -0.15) is 9.61 Å². The average Bonchev–Trinajstić information content (AvgIpc) is 2.89. The summed E-state index contributed by atoms with van der Waals surface area (Å²) < 4.78 is 1.63. The SMILES string of the molecule is NC(=O)CSc1ccc2nnc(-c3ccc(Cl)cc3)n2n1. The second-order valence-electron chi connectivity index (χ2n) is 4.23. The van der Waals surface area contributed by atoms with Gasteiger partial charge in [0.25, 0.3) is 0 Å². The number of aromatic nitrogens is 4. The normalized spacial score (nSPS) is 10.9. The third-order valence-electron chi connectivity index (χ3n) is 2.70. The van der Waals surface area contributed by atoms with Crippen LogP contribution < -0.4 is 5.73 Å². The van der Waals surface area contributed by atoms with Gasteiger partial charge in [0.2, 0.25) is 5.91 Å². The Balaban J connectivity index is 2.01. The average molecular weight is 320 g/mol. The van der Waals surface area contributed by atoms with Crippen LogP contribution >= 0.6 is 23.4 Å². The van der Waals surface area contributed by atoms with Crippen LogP contribution in [0.4, 0.5) is 0 Å². The van der Waals surface area contributed by atoms with Gasteiger partial charge in [0, 0.05) is 10.6 Å². The second-order valence-corrected chi connectivity index (χ2v) is 5.66. The molecule has 0 saturated carbocycles. The van der Waals surface area contributed by atoms with E-state index in [9.17, 15) is 4.79 Å². The molecule has 1 amide bonds. The van der Waals surface area contributed by atoms with Gasteiger partial charge in [-0.3, -0.25) is 4.79 Å². The molecule has 0 unspecified atom stereocenters. The van der Waals surface area contributed by atoms with Crippen molar-refractivity contribution in [3.63, 3.8) is 0 Å². The first-order valence-corrected chi connectivity index (χ1v) is 7.39. The molecule has 0 fully saturated rings. The number of nitrogens with zero attached hydrogens (tertiary/aromatic N) is 4. The zero-order valence-electron chi connectivity index (χ0n) is 10.7. The van der Waals surface area contributed by atoms with Crippen molar-refractivity contribution < 1.29 is 4.79 Å². The maximum absolute atomic E-state index is 10.8. The van der Waals surface area contributed by atoms with Crippen LogP contribution in [-0.4, -0.2) is 31.5 Å². The molecule has 106 valence electrons. The molecule has 0 aliphatic carbocycles. The van der Waals surface area contributed by atoms with Crippen LogP contribution in [0.15, 0.2) is 41.4 Å². The number of thioether (sulfide) groups is 1. The van der Waals surface area contributed by atoms with Crippen LogP contribution in [0.5, 0.6) is 0 Å². The Labute approximate surface area is 129 Å². The molecule has 21 heavy (non-hydrogen) atoms. The summed E-state index contributed by atoms with van der Waals surface area (Å²) >= 11 is 7.15. The van der Waals surface area contributed by atoms with E-state index in [4.69, 9.17) is 17.3 Å². The van der Waals surface area contributed by atoms with Crippen molar-refractivity contribution in [2.24, 2.45) is 5.73 Å². The summed E-state index contributed by atoms with van der Waals surface area (Å²) in [6, 6.07) is 10.8. The highest BCUT2D eigenvalue weighted by molar-refractivity contribution is 7.99. The quantitative estimate of drug-likeness (QED) is 0.743. The number of nitrogens with two attached hydrogens (primary N) is 1. The fourth-order valence-electron chi connectivity index (χ4n) is 1.77. The number of benzene rings is 1. The highest BCUT2D eigenvalue weighted by Gasteiger charge is 2.10. The zero-order chi connectivity index (χ0) is 14.8. The molecule has 1 aromatic carbocycles. The number of rotatable bonds is 4. The number of fused-ring (bicyclic) bond motifs is 1. The predicted molar refractivity (Wildman–Crippen MR) is 81.1 cm³/mol. The lowest BCUT2D eigenvalue weighted by Crippen LogP contribution is -2.13. The van der Waals surface area contributed by atoms with Gasteiger partial charge in [-0.05, 0) is 36.4 Å². The molecule has 6 nitrogen and oxygen atoms in total. The number of carbonyl (C=O) groups excluding carboxylic acids is 1. The number of amides is 1. The van der Waals surface area contributed by atoms with Gasteiger partial charge >= 0.3 is 0 Å². The third-order valence-corrected chi connectivity index (χ3v) is 3.90. The Kier molecular flexibility index (Phi) is 3.76. The molecule has 8 heteroatoms. The minimum absolute atomic E-state index is 0.177. The summed E-state index contributed by atoms with van der Waals surface area (Å²) in [6.07, 6.45) is 0. The van der Waals surface area contributed by atoms with Crippen molar-refractivity contribution in [3.05, 3.63) is 41.4 Å². The van der Waals surface area contributed by atoms with E-state index in [1.54, 1.807) is 28.8 Å². The zero-order valence-corrected chi connectivity index (χ0v) is 12.3. The van der Waals surface area contributed by atoms with E-state index in [-0.39, 0.29) is 11.7 Å². The molecule has 0 radical (unpaired) electrons. The summed E-state index contributed by atoms with van der Waals surface area (Å²) in [4.78, 5) is 10.8. The van der Waals surface area contributed by atoms with Crippen LogP contribution in [0.2, 0.25) is 5.02 Å². The molecule has 2 N–H and O–H groups in total. The van der Waals surface area contributed by atoms with Gasteiger partial charge in [-0.25, -0.2) is 0 Å². The minimum Gasteiger partial charge on any atom is -0.369 e. The maximum atomic E-state index is 10.8. The molecular formula is C13H10ClN5OS. The van der Waals surface area contributed by atoms with Crippen molar-refractivity contribution >= 4 is 34.9 Å². The van der Waals surface area contributed by atoms with Crippen LogP contribution in [0.25, 0.3) is 17.0 Å². The van der Waals surface area contributed by atoms with E-state index in [1.165, 1.54) is 11.8 Å². The number of hydrogen-bond acceptors (Lipinski definition) is 5. The lowest BCUT2D eigenvalue weighted by Gasteiger charge is -2.02. The molecule has 3 aromatic rings. The first kappa shape index (κ1) is 13.8. The fourth-order valence-corrected chi connectivity index (χ4v) is 2.49. The largest absolute Gasteiger partial charge is 0.369 e. The summed E-state index contributed by atoms with van der Waals surface area (Å²) in [5, 5.41) is 14.0. The standard InChI is InChI=1S/C13H10ClN5OS/c14-9-3-1-8(2-4-9)13-17-16-11-5-6-12(18-19(11)13)21-7-10(15)20/h1-6H,7H2,(H2,15,20). The van der Waals surface area contributed by atoms with Crippen molar-refractivity contribution in [2.45, 2.75) is 5.03 Å². The number of hydrogen-bond donors (Lipinski definition) is 1. The van der Waals surface area contributed by atoms with Crippen LogP contribution in [-0.2, 0) is 4.79 Å². The van der Waals surface area contributed by atoms with Gasteiger partial charge in [-0.1, -0.05) is 23.4 Å². The monoisotopic (exact) mass is 319 g/mol. The Hall–Kier alpha value is -2.12.